The zero-order valence-corrected chi connectivity index (χ0v) is 13.0. The van der Waals surface area contributed by atoms with Crippen LogP contribution in [0.2, 0.25) is 0 Å². The van der Waals surface area contributed by atoms with Gasteiger partial charge in [0.25, 0.3) is 5.91 Å². The number of phenolic OH excluding ortho intramolecular Hbond substituents is 1. The van der Waals surface area contributed by atoms with Crippen LogP contribution in [0.4, 0.5) is 5.69 Å². The number of aromatic hydroxyl groups is 1. The van der Waals surface area contributed by atoms with Crippen molar-refractivity contribution < 1.29 is 19.4 Å². The standard InChI is InChI=1S/C16H12BrNO4/c17-12-6-5-10(8-13(12)19)18-15(20)14-7-9-3-1-2-4-11(9)16(21)22-14/h1-6,8,14,19H,7H2,(H,18,20)/t14-/m0/s1. The molecule has 1 aliphatic rings. The first-order chi connectivity index (χ1) is 10.5. The summed E-state index contributed by atoms with van der Waals surface area (Å²) in [6.45, 7) is 0. The van der Waals surface area contributed by atoms with Gasteiger partial charge in [-0.3, -0.25) is 4.79 Å². The molecule has 0 saturated carbocycles. The maximum Gasteiger partial charge on any atom is 0.339 e. The van der Waals surface area contributed by atoms with Crippen molar-refractivity contribution in [3.05, 3.63) is 58.1 Å². The van der Waals surface area contributed by atoms with Gasteiger partial charge in [-0.15, -0.1) is 0 Å². The SMILES string of the molecule is O=C1O[C@H](C(=O)Nc2ccc(Br)c(O)c2)Cc2ccccc21. The first-order valence-electron chi connectivity index (χ1n) is 6.63. The number of anilines is 1. The number of ether oxygens (including phenoxy) is 1. The predicted molar refractivity (Wildman–Crippen MR) is 83.8 cm³/mol. The quantitative estimate of drug-likeness (QED) is 0.806. The molecule has 1 amide bonds. The van der Waals surface area contributed by atoms with E-state index < -0.39 is 18.0 Å². The topological polar surface area (TPSA) is 75.6 Å². The fourth-order valence-electron chi connectivity index (χ4n) is 2.29. The normalized spacial score (nSPS) is 16.6. The van der Waals surface area contributed by atoms with Gasteiger partial charge >= 0.3 is 5.97 Å². The van der Waals surface area contributed by atoms with E-state index in [1.165, 1.54) is 6.07 Å². The summed E-state index contributed by atoms with van der Waals surface area (Å²) in [5.74, 6) is -0.908. The number of phenols is 1. The Hall–Kier alpha value is -2.34. The minimum absolute atomic E-state index is 0.0174. The van der Waals surface area contributed by atoms with E-state index >= 15 is 0 Å². The number of amides is 1. The van der Waals surface area contributed by atoms with Crippen molar-refractivity contribution >= 4 is 33.5 Å². The number of fused-ring (bicyclic) bond motifs is 1. The maximum absolute atomic E-state index is 12.2. The molecule has 1 heterocycles. The third-order valence-electron chi connectivity index (χ3n) is 3.40. The van der Waals surface area contributed by atoms with Gasteiger partial charge in [0.05, 0.1) is 10.0 Å². The molecule has 5 nitrogen and oxygen atoms in total. The monoisotopic (exact) mass is 361 g/mol. The van der Waals surface area contributed by atoms with Gasteiger partial charge in [0, 0.05) is 18.2 Å². The van der Waals surface area contributed by atoms with Crippen LogP contribution < -0.4 is 5.32 Å². The summed E-state index contributed by atoms with van der Waals surface area (Å²) in [4.78, 5) is 24.1. The molecule has 6 heteroatoms. The van der Waals surface area contributed by atoms with E-state index in [0.29, 0.717) is 22.1 Å². The number of esters is 1. The highest BCUT2D eigenvalue weighted by Crippen LogP contribution is 2.27. The lowest BCUT2D eigenvalue weighted by Gasteiger charge is -2.23. The second kappa shape index (κ2) is 5.81. The Kier molecular flexibility index (Phi) is 3.85. The molecule has 2 aromatic rings. The summed E-state index contributed by atoms with van der Waals surface area (Å²) in [5.41, 5.74) is 1.71. The van der Waals surface area contributed by atoms with Gasteiger partial charge in [0.1, 0.15) is 5.75 Å². The molecule has 0 bridgehead atoms. The molecule has 0 spiro atoms. The first kappa shape index (κ1) is 14.6. The van der Waals surface area contributed by atoms with Crippen molar-refractivity contribution in [3.8, 4) is 5.75 Å². The van der Waals surface area contributed by atoms with Crippen LogP contribution in [0.15, 0.2) is 46.9 Å². The molecular formula is C16H12BrNO4. The lowest BCUT2D eigenvalue weighted by Crippen LogP contribution is -2.37. The molecule has 2 aromatic carbocycles. The zero-order chi connectivity index (χ0) is 15.7. The summed E-state index contributed by atoms with van der Waals surface area (Å²) in [5, 5.41) is 12.2. The highest BCUT2D eigenvalue weighted by molar-refractivity contribution is 9.10. The summed E-state index contributed by atoms with van der Waals surface area (Å²) in [6, 6.07) is 11.7. The predicted octanol–water partition coefficient (Wildman–Crippen LogP) is 2.87. The maximum atomic E-state index is 12.2. The molecule has 1 aliphatic heterocycles. The van der Waals surface area contributed by atoms with Crippen molar-refractivity contribution in [2.75, 3.05) is 5.32 Å². The smallest absolute Gasteiger partial charge is 0.339 e. The Balaban J connectivity index is 1.76. The minimum Gasteiger partial charge on any atom is -0.507 e. The molecule has 0 unspecified atom stereocenters. The Morgan fingerprint density at radius 1 is 1.27 bits per heavy atom. The lowest BCUT2D eigenvalue weighted by molar-refractivity contribution is -0.125. The molecule has 2 N–H and O–H groups in total. The van der Waals surface area contributed by atoms with Crippen LogP contribution in [0.3, 0.4) is 0 Å². The van der Waals surface area contributed by atoms with Gasteiger partial charge in [-0.2, -0.15) is 0 Å². The fourth-order valence-corrected chi connectivity index (χ4v) is 2.54. The number of cyclic esters (lactones) is 1. The van der Waals surface area contributed by atoms with Crippen molar-refractivity contribution in [2.45, 2.75) is 12.5 Å². The molecule has 0 fully saturated rings. The van der Waals surface area contributed by atoms with E-state index in [-0.39, 0.29) is 5.75 Å². The Bertz CT molecular complexity index is 760. The molecule has 0 aliphatic carbocycles. The molecule has 1 atom stereocenters. The third kappa shape index (κ3) is 2.82. The van der Waals surface area contributed by atoms with E-state index in [1.807, 2.05) is 12.1 Å². The van der Waals surface area contributed by atoms with Gasteiger partial charge < -0.3 is 15.2 Å². The van der Waals surface area contributed by atoms with Gasteiger partial charge in [0.2, 0.25) is 0 Å². The van der Waals surface area contributed by atoms with Gasteiger partial charge in [-0.05, 0) is 39.7 Å². The number of nitrogens with one attached hydrogen (secondary N) is 1. The van der Waals surface area contributed by atoms with Crippen molar-refractivity contribution in [2.24, 2.45) is 0 Å². The Labute approximate surface area is 135 Å². The number of hydrogen-bond donors (Lipinski definition) is 2. The van der Waals surface area contributed by atoms with E-state index in [9.17, 15) is 14.7 Å². The number of rotatable bonds is 2. The van der Waals surface area contributed by atoms with E-state index in [4.69, 9.17) is 4.74 Å². The third-order valence-corrected chi connectivity index (χ3v) is 4.07. The number of halogens is 1. The van der Waals surface area contributed by atoms with Crippen molar-refractivity contribution in [1.82, 2.24) is 0 Å². The molecule has 112 valence electrons. The van der Waals surface area contributed by atoms with Crippen LogP contribution in [0, 0.1) is 0 Å². The number of benzene rings is 2. The number of hydrogen-bond acceptors (Lipinski definition) is 4. The largest absolute Gasteiger partial charge is 0.507 e. The Morgan fingerprint density at radius 2 is 2.05 bits per heavy atom. The number of carbonyl (C=O) groups is 2. The average molecular weight is 362 g/mol. The van der Waals surface area contributed by atoms with E-state index in [0.717, 1.165) is 5.56 Å². The zero-order valence-electron chi connectivity index (χ0n) is 11.4. The highest BCUT2D eigenvalue weighted by atomic mass is 79.9. The summed E-state index contributed by atoms with van der Waals surface area (Å²) >= 11 is 3.17. The molecular weight excluding hydrogens is 350 g/mol. The van der Waals surface area contributed by atoms with Crippen molar-refractivity contribution in [1.29, 1.82) is 0 Å². The van der Waals surface area contributed by atoms with Crippen molar-refractivity contribution in [3.63, 3.8) is 0 Å². The molecule has 3 rings (SSSR count). The van der Waals surface area contributed by atoms with Crippen LogP contribution in [-0.2, 0) is 16.0 Å². The van der Waals surface area contributed by atoms with Crippen LogP contribution >= 0.6 is 15.9 Å². The summed E-state index contributed by atoms with van der Waals surface area (Å²) < 4.78 is 5.71. The fraction of sp³-hybridized carbons (Fsp3) is 0.125. The van der Waals surface area contributed by atoms with Crippen LogP contribution in [-0.4, -0.2) is 23.1 Å². The second-order valence-electron chi connectivity index (χ2n) is 4.91. The number of carbonyl (C=O) groups excluding carboxylic acids is 2. The van der Waals surface area contributed by atoms with E-state index in [1.54, 1.807) is 24.3 Å². The van der Waals surface area contributed by atoms with E-state index in [2.05, 4.69) is 21.2 Å². The molecule has 0 radical (unpaired) electrons. The highest BCUT2D eigenvalue weighted by Gasteiger charge is 2.31. The van der Waals surface area contributed by atoms with Gasteiger partial charge in [-0.1, -0.05) is 18.2 Å². The summed E-state index contributed by atoms with van der Waals surface area (Å²) in [6.07, 6.45) is -0.552. The van der Waals surface area contributed by atoms with Gasteiger partial charge in [0.15, 0.2) is 6.10 Å². The second-order valence-corrected chi connectivity index (χ2v) is 5.77. The lowest BCUT2D eigenvalue weighted by atomic mass is 9.98. The Morgan fingerprint density at radius 3 is 2.82 bits per heavy atom. The van der Waals surface area contributed by atoms with Crippen LogP contribution in [0.5, 0.6) is 5.75 Å². The van der Waals surface area contributed by atoms with Crippen LogP contribution in [0.25, 0.3) is 0 Å². The molecule has 0 saturated heterocycles. The average Bonchev–Trinajstić information content (AvgIpc) is 2.51. The van der Waals surface area contributed by atoms with Crippen LogP contribution in [0.1, 0.15) is 15.9 Å². The first-order valence-corrected chi connectivity index (χ1v) is 7.42. The summed E-state index contributed by atoms with van der Waals surface area (Å²) in [7, 11) is 0. The minimum atomic E-state index is -0.881. The molecule has 0 aromatic heterocycles. The molecule has 22 heavy (non-hydrogen) atoms. The van der Waals surface area contributed by atoms with Gasteiger partial charge in [-0.25, -0.2) is 4.79 Å².